The van der Waals surface area contributed by atoms with Crippen LogP contribution in [0.5, 0.6) is 0 Å². The fourth-order valence-corrected chi connectivity index (χ4v) is 3.85. The van der Waals surface area contributed by atoms with Crippen molar-refractivity contribution in [1.29, 1.82) is 0 Å². The monoisotopic (exact) mass is 314 g/mol. The number of nitrogens with zero attached hydrogens (tertiary/aromatic N) is 1. The average Bonchev–Trinajstić information content (AvgIpc) is 3.26. The third kappa shape index (κ3) is 3.92. The van der Waals surface area contributed by atoms with Gasteiger partial charge in [0.2, 0.25) is 5.91 Å². The lowest BCUT2D eigenvalue weighted by molar-refractivity contribution is -0.124. The van der Waals surface area contributed by atoms with Gasteiger partial charge in [-0.25, -0.2) is 0 Å². The topological polar surface area (TPSA) is 49.4 Å². The van der Waals surface area contributed by atoms with Crippen molar-refractivity contribution in [3.05, 3.63) is 35.9 Å². The summed E-state index contributed by atoms with van der Waals surface area (Å²) in [6, 6.07) is 8.95. The van der Waals surface area contributed by atoms with Crippen molar-refractivity contribution >= 4 is 11.8 Å². The molecule has 4 nitrogen and oxygen atoms in total. The van der Waals surface area contributed by atoms with Gasteiger partial charge in [0.15, 0.2) is 0 Å². The Balaban J connectivity index is 1.53. The Kier molecular flexibility index (Phi) is 5.31. The normalized spacial score (nSPS) is 21.6. The maximum Gasteiger partial charge on any atom is 0.254 e. The van der Waals surface area contributed by atoms with Crippen molar-refractivity contribution in [2.24, 2.45) is 5.92 Å². The third-order valence-electron chi connectivity index (χ3n) is 5.16. The maximum absolute atomic E-state index is 12.6. The predicted molar refractivity (Wildman–Crippen MR) is 90.1 cm³/mol. The zero-order valence-electron chi connectivity index (χ0n) is 13.7. The van der Waals surface area contributed by atoms with Crippen molar-refractivity contribution in [2.45, 2.75) is 51.0 Å². The van der Waals surface area contributed by atoms with Crippen molar-refractivity contribution in [3.63, 3.8) is 0 Å². The lowest BCUT2D eigenvalue weighted by atomic mass is 10.0. The highest BCUT2D eigenvalue weighted by atomic mass is 16.2. The summed E-state index contributed by atoms with van der Waals surface area (Å²) in [4.78, 5) is 26.8. The summed E-state index contributed by atoms with van der Waals surface area (Å²) in [5.74, 6) is 0.768. The SMILES string of the molecule is O=C(NCCC1CCCC1)C1CCCN1C(=O)c1ccccc1. The first kappa shape index (κ1) is 16.0. The molecular weight excluding hydrogens is 288 g/mol. The van der Waals surface area contributed by atoms with Crippen LogP contribution in [0.15, 0.2) is 30.3 Å². The molecule has 0 bridgehead atoms. The van der Waals surface area contributed by atoms with Gasteiger partial charge in [-0.3, -0.25) is 9.59 Å². The minimum Gasteiger partial charge on any atom is -0.354 e. The first-order chi connectivity index (χ1) is 11.3. The van der Waals surface area contributed by atoms with Crippen molar-refractivity contribution in [2.75, 3.05) is 13.1 Å². The molecule has 1 unspecified atom stereocenters. The van der Waals surface area contributed by atoms with Crippen LogP contribution >= 0.6 is 0 Å². The molecule has 0 aromatic heterocycles. The van der Waals surface area contributed by atoms with E-state index in [4.69, 9.17) is 0 Å². The highest BCUT2D eigenvalue weighted by molar-refractivity contribution is 5.97. The molecule has 0 radical (unpaired) electrons. The van der Waals surface area contributed by atoms with E-state index in [0.29, 0.717) is 12.1 Å². The molecule has 2 amide bonds. The minimum absolute atomic E-state index is 0.0183. The molecule has 1 N–H and O–H groups in total. The van der Waals surface area contributed by atoms with E-state index in [1.54, 1.807) is 4.90 Å². The zero-order valence-corrected chi connectivity index (χ0v) is 13.7. The lowest BCUT2D eigenvalue weighted by Gasteiger charge is -2.24. The van der Waals surface area contributed by atoms with Gasteiger partial charge in [-0.1, -0.05) is 43.9 Å². The number of likely N-dealkylation sites (tertiary alicyclic amines) is 1. The molecule has 1 atom stereocenters. The van der Waals surface area contributed by atoms with Gasteiger partial charge in [0, 0.05) is 18.7 Å². The standard InChI is InChI=1S/C19H26N2O2/c22-18(20-13-12-15-7-4-5-8-15)17-11-6-14-21(17)19(23)16-9-2-1-3-10-16/h1-3,9-10,15,17H,4-8,11-14H2,(H,20,22). The molecule has 23 heavy (non-hydrogen) atoms. The molecular formula is C19H26N2O2. The number of benzene rings is 1. The van der Waals surface area contributed by atoms with Crippen LogP contribution in [0, 0.1) is 5.92 Å². The summed E-state index contributed by atoms with van der Waals surface area (Å²) in [5.41, 5.74) is 0.665. The van der Waals surface area contributed by atoms with Gasteiger partial charge in [0.25, 0.3) is 5.91 Å². The van der Waals surface area contributed by atoms with Gasteiger partial charge in [0.05, 0.1) is 0 Å². The van der Waals surface area contributed by atoms with E-state index < -0.39 is 0 Å². The molecule has 2 fully saturated rings. The van der Waals surface area contributed by atoms with Gasteiger partial charge >= 0.3 is 0 Å². The number of hydrogen-bond acceptors (Lipinski definition) is 2. The van der Waals surface area contributed by atoms with E-state index in [2.05, 4.69) is 5.32 Å². The van der Waals surface area contributed by atoms with E-state index in [1.807, 2.05) is 30.3 Å². The number of amides is 2. The molecule has 1 heterocycles. The van der Waals surface area contributed by atoms with E-state index >= 15 is 0 Å². The molecule has 0 spiro atoms. The van der Waals surface area contributed by atoms with Crippen LogP contribution in [-0.4, -0.2) is 35.8 Å². The van der Waals surface area contributed by atoms with Crippen LogP contribution in [0.3, 0.4) is 0 Å². The number of carbonyl (C=O) groups excluding carboxylic acids is 2. The highest BCUT2D eigenvalue weighted by Crippen LogP contribution is 2.27. The quantitative estimate of drug-likeness (QED) is 0.908. The molecule has 3 rings (SSSR count). The van der Waals surface area contributed by atoms with Crippen molar-refractivity contribution < 1.29 is 9.59 Å². The molecule has 1 aromatic carbocycles. The minimum atomic E-state index is -0.300. The summed E-state index contributed by atoms with van der Waals surface area (Å²) < 4.78 is 0. The van der Waals surface area contributed by atoms with Gasteiger partial charge < -0.3 is 10.2 Å². The molecule has 1 saturated heterocycles. The second-order valence-electron chi connectivity index (χ2n) is 6.75. The largest absolute Gasteiger partial charge is 0.354 e. The maximum atomic E-state index is 12.6. The molecule has 1 aromatic rings. The van der Waals surface area contributed by atoms with Crippen molar-refractivity contribution in [3.8, 4) is 0 Å². The van der Waals surface area contributed by atoms with Crippen LogP contribution in [0.1, 0.15) is 55.3 Å². The van der Waals surface area contributed by atoms with E-state index in [1.165, 1.54) is 25.7 Å². The third-order valence-corrected chi connectivity index (χ3v) is 5.16. The first-order valence-corrected chi connectivity index (χ1v) is 8.89. The number of carbonyl (C=O) groups is 2. The Morgan fingerprint density at radius 1 is 1.04 bits per heavy atom. The van der Waals surface area contributed by atoms with E-state index in [0.717, 1.165) is 31.7 Å². The molecule has 1 aliphatic carbocycles. The van der Waals surface area contributed by atoms with Crippen LogP contribution in [0.2, 0.25) is 0 Å². The summed E-state index contributed by atoms with van der Waals surface area (Å²) in [6.07, 6.45) is 8.02. The van der Waals surface area contributed by atoms with E-state index in [-0.39, 0.29) is 17.9 Å². The highest BCUT2D eigenvalue weighted by Gasteiger charge is 2.34. The van der Waals surface area contributed by atoms with Crippen LogP contribution in [-0.2, 0) is 4.79 Å². The molecule has 1 saturated carbocycles. The smallest absolute Gasteiger partial charge is 0.254 e. The Morgan fingerprint density at radius 2 is 1.78 bits per heavy atom. The summed E-state index contributed by atoms with van der Waals surface area (Å²) in [7, 11) is 0. The van der Waals surface area contributed by atoms with Crippen molar-refractivity contribution in [1.82, 2.24) is 10.2 Å². The summed E-state index contributed by atoms with van der Waals surface area (Å²) in [5, 5.41) is 3.05. The van der Waals surface area contributed by atoms with Gasteiger partial charge in [-0.05, 0) is 37.3 Å². The fourth-order valence-electron chi connectivity index (χ4n) is 3.85. The van der Waals surface area contributed by atoms with Crippen LogP contribution in [0.25, 0.3) is 0 Å². The average molecular weight is 314 g/mol. The molecule has 1 aliphatic heterocycles. The van der Waals surface area contributed by atoms with Gasteiger partial charge in [0.1, 0.15) is 6.04 Å². The Bertz CT molecular complexity index is 538. The summed E-state index contributed by atoms with van der Waals surface area (Å²) in [6.45, 7) is 1.42. The number of rotatable bonds is 5. The summed E-state index contributed by atoms with van der Waals surface area (Å²) >= 11 is 0. The van der Waals surface area contributed by atoms with Gasteiger partial charge in [-0.15, -0.1) is 0 Å². The Labute approximate surface area is 138 Å². The second kappa shape index (κ2) is 7.62. The molecule has 2 aliphatic rings. The molecule has 124 valence electrons. The van der Waals surface area contributed by atoms with Gasteiger partial charge in [-0.2, -0.15) is 0 Å². The Hall–Kier alpha value is -1.84. The number of nitrogens with one attached hydrogen (secondary N) is 1. The lowest BCUT2D eigenvalue weighted by Crippen LogP contribution is -2.46. The van der Waals surface area contributed by atoms with Crippen LogP contribution < -0.4 is 5.32 Å². The second-order valence-corrected chi connectivity index (χ2v) is 6.75. The Morgan fingerprint density at radius 3 is 2.52 bits per heavy atom. The number of hydrogen-bond donors (Lipinski definition) is 1. The first-order valence-electron chi connectivity index (χ1n) is 8.89. The molecule has 4 heteroatoms. The van der Waals surface area contributed by atoms with Crippen LogP contribution in [0.4, 0.5) is 0 Å². The zero-order chi connectivity index (χ0) is 16.1. The fraction of sp³-hybridized carbons (Fsp3) is 0.579. The predicted octanol–water partition coefficient (Wildman–Crippen LogP) is 2.99. The van der Waals surface area contributed by atoms with E-state index in [9.17, 15) is 9.59 Å².